The first kappa shape index (κ1) is 20.8. The van der Waals surface area contributed by atoms with Crippen molar-refractivity contribution in [2.45, 2.75) is 25.6 Å². The van der Waals surface area contributed by atoms with Crippen molar-refractivity contribution < 1.29 is 40.7 Å². The van der Waals surface area contributed by atoms with Gasteiger partial charge in [0.1, 0.15) is 0 Å². The number of esters is 1. The second-order valence-corrected chi connectivity index (χ2v) is 6.23. The first-order valence-electron chi connectivity index (χ1n) is 8.15. The van der Waals surface area contributed by atoms with E-state index in [-0.39, 0.29) is 12.6 Å². The lowest BCUT2D eigenvalue weighted by Crippen LogP contribution is -2.61. The van der Waals surface area contributed by atoms with Gasteiger partial charge in [0, 0.05) is 6.99 Å². The predicted octanol–water partition coefficient (Wildman–Crippen LogP) is 1.86. The number of aliphatic carboxylic acids is 2. The summed E-state index contributed by atoms with van der Waals surface area (Å²) in [5, 5.41) is 28.9. The van der Waals surface area contributed by atoms with E-state index in [0.717, 1.165) is 11.1 Å². The molecule has 3 N–H and O–H groups in total. The molecule has 28 heavy (non-hydrogen) atoms. The highest BCUT2D eigenvalue weighted by atomic mass is 16.6. The molecule has 0 spiro atoms. The lowest BCUT2D eigenvalue weighted by atomic mass is 9.86. The van der Waals surface area contributed by atoms with Crippen LogP contribution in [0.5, 0.6) is 0 Å². The van der Waals surface area contributed by atoms with Gasteiger partial charge < -0.3 is 20.1 Å². The molecule has 0 aliphatic heterocycles. The van der Waals surface area contributed by atoms with Gasteiger partial charge in [-0.15, -0.1) is 0 Å². The molecule has 2 aromatic rings. The van der Waals surface area contributed by atoms with Crippen LogP contribution in [0.15, 0.2) is 48.5 Å². The molecule has 0 aliphatic rings. The topological polar surface area (TPSA) is 138 Å². The number of carbonyl (C=O) groups is 4. The molecule has 0 aliphatic carbocycles. The summed E-state index contributed by atoms with van der Waals surface area (Å²) in [5.74, 6) is -6.76. The molecule has 0 unspecified atom stereocenters. The second-order valence-electron chi connectivity index (χ2n) is 6.23. The number of carbonyl (C=O) groups excluding carboxylic acids is 2. The van der Waals surface area contributed by atoms with Gasteiger partial charge in [0.25, 0.3) is 0 Å². The Hall–Kier alpha value is -3.52. The average Bonchev–Trinajstić information content (AvgIpc) is 2.65. The van der Waals surface area contributed by atoms with Crippen molar-refractivity contribution in [3.8, 4) is 0 Å². The maximum absolute atomic E-state index is 12.9. The van der Waals surface area contributed by atoms with Crippen molar-refractivity contribution in [1.29, 1.82) is 0 Å². The summed E-state index contributed by atoms with van der Waals surface area (Å²) in [6.45, 7) is 3.48. The normalized spacial score (nSPS) is 13.8. The first-order valence-corrected chi connectivity index (χ1v) is 8.15. The maximum Gasteiger partial charge on any atom is 0.360 e. The Bertz CT molecular complexity index is 921. The molecule has 2 rings (SSSR count). The highest BCUT2D eigenvalue weighted by Crippen LogP contribution is 2.26. The van der Waals surface area contributed by atoms with Crippen LogP contribution in [0.1, 0.15) is 33.3 Å². The van der Waals surface area contributed by atoms with Gasteiger partial charge in [-0.1, -0.05) is 47.5 Å². The van der Waals surface area contributed by atoms with Crippen molar-refractivity contribution in [2.24, 2.45) is 0 Å². The molecule has 0 radical (unpaired) electrons. The lowest BCUT2D eigenvalue weighted by molar-refractivity contribution is -0.176. The monoisotopic (exact) mass is 388 g/mol. The molecule has 148 valence electrons. The summed E-state index contributed by atoms with van der Waals surface area (Å²) in [6.07, 6.45) is -2.83. The maximum atomic E-state index is 12.9. The summed E-state index contributed by atoms with van der Waals surface area (Å²) in [4.78, 5) is 48.7. The molecule has 8 nitrogen and oxygen atoms in total. The van der Waals surface area contributed by atoms with E-state index in [1.807, 2.05) is 0 Å². The Morgan fingerprint density at radius 3 is 1.68 bits per heavy atom. The number of Topliss-reactive ketones (excluding diaryl/α,β-unsaturated/α-hetero) is 1. The Morgan fingerprint density at radius 1 is 0.857 bits per heavy atom. The van der Waals surface area contributed by atoms with Crippen LogP contribution < -0.4 is 0 Å². The highest BCUT2D eigenvalue weighted by molar-refractivity contribution is 6.19. The summed E-state index contributed by atoms with van der Waals surface area (Å²) in [5.41, 5.74) is -2.13. The van der Waals surface area contributed by atoms with E-state index >= 15 is 0 Å². The third-order valence-corrected chi connectivity index (χ3v) is 4.13. The van der Waals surface area contributed by atoms with Crippen molar-refractivity contribution in [1.82, 2.24) is 0 Å². The van der Waals surface area contributed by atoms with E-state index < -0.39 is 35.4 Å². The Morgan fingerprint density at radius 2 is 1.29 bits per heavy atom. The number of hydrogen-bond donors (Lipinski definition) is 3. The largest absolute Gasteiger partial charge is 0.479 e. The minimum atomic E-state index is -3.36. The van der Waals surface area contributed by atoms with Gasteiger partial charge >= 0.3 is 23.5 Å². The molecule has 0 fully saturated rings. The molecule has 0 saturated heterocycles. The van der Waals surface area contributed by atoms with Crippen molar-refractivity contribution in [2.75, 3.05) is 0 Å². The Kier molecular flexibility index (Phi) is 5.95. The fourth-order valence-corrected chi connectivity index (χ4v) is 2.47. The molecule has 8 heteroatoms. The molecule has 0 aromatic heterocycles. The van der Waals surface area contributed by atoms with E-state index in [1.54, 1.807) is 26.0 Å². The fourth-order valence-electron chi connectivity index (χ4n) is 2.47. The SMILES string of the molecule is Cc1ccc(C(=O)O[C@](C(=O)O)(C(=O)c2ccc(C)cc2)[C@@H](O)C(=O)O)cc1.[HH]. The minimum Gasteiger partial charge on any atom is -0.479 e. The van der Waals surface area contributed by atoms with E-state index in [0.29, 0.717) is 0 Å². The van der Waals surface area contributed by atoms with Crippen LogP contribution in [0.2, 0.25) is 0 Å². The Labute approximate surface area is 161 Å². The molecular weight excluding hydrogens is 368 g/mol. The van der Waals surface area contributed by atoms with E-state index in [4.69, 9.17) is 9.84 Å². The van der Waals surface area contributed by atoms with Gasteiger partial charge in [-0.05, 0) is 26.0 Å². The minimum absolute atomic E-state index is 0. The zero-order chi connectivity index (χ0) is 21.1. The van der Waals surface area contributed by atoms with Gasteiger partial charge in [-0.3, -0.25) is 4.79 Å². The zero-order valence-electron chi connectivity index (χ0n) is 15.1. The summed E-state index contributed by atoms with van der Waals surface area (Å²) in [7, 11) is 0. The van der Waals surface area contributed by atoms with Crippen LogP contribution in [0.25, 0.3) is 0 Å². The van der Waals surface area contributed by atoms with Crippen LogP contribution in [-0.4, -0.2) is 50.7 Å². The van der Waals surface area contributed by atoms with Crippen LogP contribution in [-0.2, 0) is 14.3 Å². The molecular formula is C20H20O8. The van der Waals surface area contributed by atoms with E-state index in [1.165, 1.54) is 36.4 Å². The number of aliphatic hydroxyl groups is 1. The van der Waals surface area contributed by atoms with Gasteiger partial charge in [0.05, 0.1) is 5.56 Å². The highest BCUT2D eigenvalue weighted by Gasteiger charge is 2.59. The zero-order valence-corrected chi connectivity index (χ0v) is 15.1. The number of benzene rings is 2. The van der Waals surface area contributed by atoms with Crippen LogP contribution >= 0.6 is 0 Å². The summed E-state index contributed by atoms with van der Waals surface area (Å²) < 4.78 is 4.88. The number of rotatable bonds is 7. The number of carboxylic acids is 2. The Balaban J connectivity index is 0.00000420. The van der Waals surface area contributed by atoms with E-state index in [9.17, 15) is 29.4 Å². The third-order valence-electron chi connectivity index (χ3n) is 4.13. The average molecular weight is 388 g/mol. The van der Waals surface area contributed by atoms with Crippen molar-refractivity contribution in [3.63, 3.8) is 0 Å². The van der Waals surface area contributed by atoms with Crippen molar-refractivity contribution in [3.05, 3.63) is 70.8 Å². The first-order chi connectivity index (χ1) is 13.1. The lowest BCUT2D eigenvalue weighted by Gasteiger charge is -2.30. The molecule has 2 aromatic carbocycles. The standard InChI is InChI=1S/C20H18O8.H2/c1-11-3-7-13(8-4-11)15(21)20(19(26)27,16(22)17(23)24)28-18(25)14-9-5-12(2)6-10-14;/h3-10,16,22H,1-2H3,(H,23,24)(H,26,27);1H/t16-,20+;/m0./s1. The van der Waals surface area contributed by atoms with Crippen molar-refractivity contribution >= 4 is 23.7 Å². The molecule has 0 bridgehead atoms. The number of aryl methyl sites for hydroxylation is 2. The summed E-state index contributed by atoms with van der Waals surface area (Å²) in [6, 6.07) is 11.3. The number of carboxylic acid groups (broad SMARTS) is 2. The van der Waals surface area contributed by atoms with Crippen LogP contribution in [0, 0.1) is 13.8 Å². The van der Waals surface area contributed by atoms with Crippen LogP contribution in [0.4, 0.5) is 0 Å². The van der Waals surface area contributed by atoms with Gasteiger partial charge in [-0.2, -0.15) is 0 Å². The van der Waals surface area contributed by atoms with Gasteiger partial charge in [-0.25, -0.2) is 14.4 Å². The van der Waals surface area contributed by atoms with Gasteiger partial charge in [0.2, 0.25) is 11.9 Å². The third kappa shape index (κ3) is 3.91. The number of hydrogen-bond acceptors (Lipinski definition) is 6. The molecule has 0 saturated carbocycles. The number of ketones is 1. The molecule has 2 atom stereocenters. The smallest absolute Gasteiger partial charge is 0.360 e. The number of aliphatic hydroxyl groups excluding tert-OH is 1. The second kappa shape index (κ2) is 8.01. The predicted molar refractivity (Wildman–Crippen MR) is 98.2 cm³/mol. The van der Waals surface area contributed by atoms with Crippen LogP contribution in [0.3, 0.4) is 0 Å². The summed E-state index contributed by atoms with van der Waals surface area (Å²) >= 11 is 0. The molecule has 0 amide bonds. The number of ether oxygens (including phenoxy) is 1. The quantitative estimate of drug-likeness (QED) is 0.371. The molecule has 0 heterocycles. The van der Waals surface area contributed by atoms with Gasteiger partial charge in [0.15, 0.2) is 0 Å². The fraction of sp³-hybridized carbons (Fsp3) is 0.200. The van der Waals surface area contributed by atoms with E-state index in [2.05, 4.69) is 0 Å².